The fraction of sp³-hybridized carbons (Fsp3) is 0.105. The van der Waals surface area contributed by atoms with Crippen LogP contribution in [-0.4, -0.2) is 24.9 Å². The Hall–Kier alpha value is -3.61. The zero-order valence-corrected chi connectivity index (χ0v) is 13.5. The van der Waals surface area contributed by atoms with E-state index in [2.05, 4.69) is 5.32 Å². The Balaban J connectivity index is 1.49. The third-order valence-electron chi connectivity index (χ3n) is 3.90. The molecule has 1 N–H and O–H groups in total. The quantitative estimate of drug-likeness (QED) is 0.573. The maximum atomic E-state index is 12.4. The third-order valence-corrected chi connectivity index (χ3v) is 3.90. The Bertz CT molecular complexity index is 1080. The molecule has 3 aromatic rings. The second kappa shape index (κ2) is 6.36. The van der Waals surface area contributed by atoms with E-state index in [9.17, 15) is 14.4 Å². The summed E-state index contributed by atoms with van der Waals surface area (Å²) in [5, 5.41) is 3.41. The number of ether oxygens (including phenoxy) is 2. The van der Waals surface area contributed by atoms with Gasteiger partial charge in [-0.2, -0.15) is 0 Å². The number of hydrogen-bond acceptors (Lipinski definition) is 6. The summed E-state index contributed by atoms with van der Waals surface area (Å²) in [5.41, 5.74) is 0.779. The van der Waals surface area contributed by atoms with E-state index in [4.69, 9.17) is 13.9 Å². The monoisotopic (exact) mass is 351 g/mol. The van der Waals surface area contributed by atoms with Crippen LogP contribution < -0.4 is 20.4 Å². The molecule has 0 saturated carbocycles. The van der Waals surface area contributed by atoms with Crippen LogP contribution >= 0.6 is 0 Å². The van der Waals surface area contributed by atoms with Gasteiger partial charge in [-0.25, -0.2) is 4.79 Å². The molecular weight excluding hydrogens is 338 g/mol. The Labute approximate surface area is 147 Å². The number of hydrogen-bond donors (Lipinski definition) is 1. The molecule has 1 amide bonds. The molecule has 0 bridgehead atoms. The van der Waals surface area contributed by atoms with E-state index in [1.807, 2.05) is 0 Å². The molecule has 1 aliphatic rings. The fourth-order valence-electron chi connectivity index (χ4n) is 2.62. The average molecular weight is 351 g/mol. The minimum atomic E-state index is -0.455. The Morgan fingerprint density at radius 2 is 1.92 bits per heavy atom. The van der Waals surface area contributed by atoms with Crippen LogP contribution in [0.25, 0.3) is 11.0 Å². The highest BCUT2D eigenvalue weighted by molar-refractivity contribution is 6.01. The number of carbonyl (C=O) groups is 2. The Morgan fingerprint density at radius 3 is 2.81 bits per heavy atom. The van der Waals surface area contributed by atoms with Gasteiger partial charge in [0.15, 0.2) is 19.0 Å². The molecule has 26 heavy (non-hydrogen) atoms. The van der Waals surface area contributed by atoms with Crippen LogP contribution in [0.15, 0.2) is 57.7 Å². The normalized spacial score (nSPS) is 12.8. The van der Waals surface area contributed by atoms with Crippen molar-refractivity contribution in [3.8, 4) is 11.5 Å². The highest BCUT2D eigenvalue weighted by Crippen LogP contribution is 2.28. The molecule has 130 valence electrons. The lowest BCUT2D eigenvalue weighted by Gasteiger charge is -2.18. The molecule has 2 aromatic carbocycles. The first kappa shape index (κ1) is 15.9. The predicted molar refractivity (Wildman–Crippen MR) is 92.9 cm³/mol. The number of Topliss-reactive ketones (excluding diaryl/α,β-unsaturated/α-hetero) is 1. The number of carbonyl (C=O) groups excluding carboxylic acids is 2. The van der Waals surface area contributed by atoms with Crippen molar-refractivity contribution in [3.63, 3.8) is 0 Å². The lowest BCUT2D eigenvalue weighted by atomic mass is 10.1. The topological polar surface area (TPSA) is 94.8 Å². The van der Waals surface area contributed by atoms with Gasteiger partial charge in [-0.15, -0.1) is 0 Å². The SMILES string of the molecule is O=C1COc2ccc(C(=O)COc3ccc4ccc(=O)oc4c3)cc2N1. The predicted octanol–water partition coefficient (Wildman–Crippen LogP) is 2.39. The van der Waals surface area contributed by atoms with Crippen LogP contribution in [0.5, 0.6) is 11.5 Å². The number of anilines is 1. The molecule has 4 rings (SSSR count). The molecule has 0 unspecified atom stereocenters. The highest BCUT2D eigenvalue weighted by Gasteiger charge is 2.18. The summed E-state index contributed by atoms with van der Waals surface area (Å²) in [4.78, 5) is 35.0. The molecule has 0 saturated heterocycles. The summed E-state index contributed by atoms with van der Waals surface area (Å²) in [6, 6.07) is 12.8. The van der Waals surface area contributed by atoms with Gasteiger partial charge in [-0.3, -0.25) is 9.59 Å². The molecule has 0 atom stereocenters. The molecule has 7 heteroatoms. The molecule has 7 nitrogen and oxygen atoms in total. The van der Waals surface area contributed by atoms with Gasteiger partial charge in [0.2, 0.25) is 0 Å². The molecule has 1 aliphatic heterocycles. The number of ketones is 1. The zero-order valence-electron chi connectivity index (χ0n) is 13.5. The highest BCUT2D eigenvalue weighted by atomic mass is 16.5. The van der Waals surface area contributed by atoms with Gasteiger partial charge in [0.25, 0.3) is 5.91 Å². The lowest BCUT2D eigenvalue weighted by Crippen LogP contribution is -2.25. The lowest BCUT2D eigenvalue weighted by molar-refractivity contribution is -0.118. The van der Waals surface area contributed by atoms with Crippen LogP contribution in [-0.2, 0) is 4.79 Å². The number of benzene rings is 2. The van der Waals surface area contributed by atoms with E-state index in [0.717, 1.165) is 5.39 Å². The zero-order chi connectivity index (χ0) is 18.1. The summed E-state index contributed by atoms with van der Waals surface area (Å²) in [5.74, 6) is 0.402. The summed E-state index contributed by atoms with van der Waals surface area (Å²) in [6.45, 7) is -0.238. The first-order valence-electron chi connectivity index (χ1n) is 7.85. The maximum absolute atomic E-state index is 12.4. The standard InChI is InChI=1S/C19H13NO6/c21-15(12-2-5-16-14(7-12)20-18(22)10-25-16)9-24-13-4-1-11-3-6-19(23)26-17(11)8-13/h1-8H,9-10H2,(H,20,22). The third kappa shape index (κ3) is 3.14. The van der Waals surface area contributed by atoms with Crippen LogP contribution in [0, 0.1) is 0 Å². The number of amides is 1. The van der Waals surface area contributed by atoms with Crippen LogP contribution in [0.1, 0.15) is 10.4 Å². The van der Waals surface area contributed by atoms with E-state index >= 15 is 0 Å². The number of fused-ring (bicyclic) bond motifs is 2. The second-order valence-corrected chi connectivity index (χ2v) is 5.71. The molecule has 0 spiro atoms. The van der Waals surface area contributed by atoms with E-state index in [0.29, 0.717) is 28.3 Å². The maximum Gasteiger partial charge on any atom is 0.336 e. The van der Waals surface area contributed by atoms with E-state index in [1.165, 1.54) is 6.07 Å². The average Bonchev–Trinajstić information content (AvgIpc) is 2.65. The van der Waals surface area contributed by atoms with E-state index < -0.39 is 5.63 Å². The Kier molecular flexibility index (Phi) is 3.89. The van der Waals surface area contributed by atoms with Crippen molar-refractivity contribution in [1.29, 1.82) is 0 Å². The second-order valence-electron chi connectivity index (χ2n) is 5.71. The first-order chi connectivity index (χ1) is 12.6. The van der Waals surface area contributed by atoms with Crippen molar-refractivity contribution < 1.29 is 23.5 Å². The van der Waals surface area contributed by atoms with Gasteiger partial charge < -0.3 is 19.2 Å². The molecule has 0 aliphatic carbocycles. The van der Waals surface area contributed by atoms with Crippen molar-refractivity contribution in [3.05, 3.63) is 64.5 Å². The van der Waals surface area contributed by atoms with Crippen LogP contribution in [0.2, 0.25) is 0 Å². The molecule has 0 fully saturated rings. The Morgan fingerprint density at radius 1 is 1.08 bits per heavy atom. The minimum Gasteiger partial charge on any atom is -0.485 e. The van der Waals surface area contributed by atoms with Gasteiger partial charge in [0.05, 0.1) is 5.69 Å². The van der Waals surface area contributed by atoms with Crippen molar-refractivity contribution in [2.45, 2.75) is 0 Å². The summed E-state index contributed by atoms with van der Waals surface area (Å²) in [7, 11) is 0. The van der Waals surface area contributed by atoms with Crippen LogP contribution in [0.3, 0.4) is 0 Å². The van der Waals surface area contributed by atoms with Gasteiger partial charge in [0.1, 0.15) is 17.1 Å². The van der Waals surface area contributed by atoms with Crippen molar-refractivity contribution in [1.82, 2.24) is 0 Å². The molecular formula is C19H13NO6. The fourth-order valence-corrected chi connectivity index (χ4v) is 2.62. The first-order valence-corrected chi connectivity index (χ1v) is 7.85. The number of nitrogens with one attached hydrogen (secondary N) is 1. The smallest absolute Gasteiger partial charge is 0.336 e. The number of rotatable bonds is 4. The largest absolute Gasteiger partial charge is 0.485 e. The van der Waals surface area contributed by atoms with Gasteiger partial charge in [-0.1, -0.05) is 0 Å². The van der Waals surface area contributed by atoms with Crippen molar-refractivity contribution in [2.24, 2.45) is 0 Å². The van der Waals surface area contributed by atoms with Crippen LogP contribution in [0.4, 0.5) is 5.69 Å². The molecule has 0 radical (unpaired) electrons. The van der Waals surface area contributed by atoms with Gasteiger partial charge in [-0.05, 0) is 36.4 Å². The van der Waals surface area contributed by atoms with E-state index in [1.54, 1.807) is 42.5 Å². The van der Waals surface area contributed by atoms with E-state index in [-0.39, 0.29) is 24.9 Å². The van der Waals surface area contributed by atoms with Gasteiger partial charge >= 0.3 is 5.63 Å². The summed E-state index contributed by atoms with van der Waals surface area (Å²) in [6.07, 6.45) is 0. The van der Waals surface area contributed by atoms with Crippen molar-refractivity contribution >= 4 is 28.3 Å². The summed E-state index contributed by atoms with van der Waals surface area (Å²) < 4.78 is 15.9. The van der Waals surface area contributed by atoms with Gasteiger partial charge in [0, 0.05) is 23.1 Å². The molecule has 2 heterocycles. The molecule has 1 aromatic heterocycles. The minimum absolute atomic E-state index is 0.0402. The van der Waals surface area contributed by atoms with Crippen molar-refractivity contribution in [2.75, 3.05) is 18.5 Å². The summed E-state index contributed by atoms with van der Waals surface area (Å²) >= 11 is 0.